The molecule has 0 aliphatic rings. The average Bonchev–Trinajstić information content (AvgIpc) is 2.53. The highest BCUT2D eigenvalue weighted by Gasteiger charge is 2.26. The van der Waals surface area contributed by atoms with Crippen LogP contribution in [0.1, 0.15) is 21.3 Å². The summed E-state index contributed by atoms with van der Waals surface area (Å²) in [5.74, 6) is 0.736. The van der Waals surface area contributed by atoms with Crippen LogP contribution in [-0.2, 0) is 0 Å². The van der Waals surface area contributed by atoms with E-state index >= 15 is 0 Å². The highest BCUT2D eigenvalue weighted by Crippen LogP contribution is 2.32. The van der Waals surface area contributed by atoms with Gasteiger partial charge >= 0.3 is 0 Å². The minimum absolute atomic E-state index is 0.0265. The van der Waals surface area contributed by atoms with Gasteiger partial charge in [-0.05, 0) is 17.7 Å². The van der Waals surface area contributed by atoms with Crippen molar-refractivity contribution in [2.75, 3.05) is 7.11 Å². The van der Waals surface area contributed by atoms with Gasteiger partial charge in [-0.3, -0.25) is 4.79 Å². The van der Waals surface area contributed by atoms with Gasteiger partial charge in [0.2, 0.25) is 0 Å². The molecule has 0 radical (unpaired) electrons. The van der Waals surface area contributed by atoms with Crippen LogP contribution in [0.25, 0.3) is 0 Å². The maximum Gasteiger partial charge on any atom is 0.178 e. The number of carbonyl (C=O) groups excluding carboxylic acids is 1. The number of alkyl halides is 2. The van der Waals surface area contributed by atoms with Gasteiger partial charge in [-0.1, -0.05) is 58.4 Å². The van der Waals surface area contributed by atoms with Crippen LogP contribution in [0.2, 0.25) is 0 Å². The van der Waals surface area contributed by atoms with Crippen molar-refractivity contribution in [3.8, 4) is 5.75 Å². The van der Waals surface area contributed by atoms with Crippen molar-refractivity contribution in [1.82, 2.24) is 0 Å². The SMILES string of the molecule is COc1ccc([C@@H](Cl)[C@@H](Br)C(=O)c2ccccc2)cc1. The summed E-state index contributed by atoms with van der Waals surface area (Å²) in [6, 6.07) is 16.5. The molecule has 0 unspecified atom stereocenters. The Morgan fingerprint density at radius 1 is 1.10 bits per heavy atom. The van der Waals surface area contributed by atoms with Crippen LogP contribution in [0, 0.1) is 0 Å². The van der Waals surface area contributed by atoms with Gasteiger partial charge in [0.05, 0.1) is 17.3 Å². The molecule has 0 N–H and O–H groups in total. The van der Waals surface area contributed by atoms with E-state index in [2.05, 4.69) is 15.9 Å². The maximum atomic E-state index is 12.3. The van der Waals surface area contributed by atoms with E-state index in [0.29, 0.717) is 5.56 Å². The first-order chi connectivity index (χ1) is 9.63. The third-order valence-corrected chi connectivity index (χ3v) is 4.75. The van der Waals surface area contributed by atoms with Gasteiger partial charge in [0.25, 0.3) is 0 Å². The van der Waals surface area contributed by atoms with Crippen molar-refractivity contribution in [2.24, 2.45) is 0 Å². The third-order valence-electron chi connectivity index (χ3n) is 3.00. The summed E-state index contributed by atoms with van der Waals surface area (Å²) in [6.45, 7) is 0. The van der Waals surface area contributed by atoms with Crippen molar-refractivity contribution < 1.29 is 9.53 Å². The number of hydrogen-bond donors (Lipinski definition) is 0. The second-order valence-electron chi connectivity index (χ2n) is 4.31. The van der Waals surface area contributed by atoms with Crippen LogP contribution in [0.15, 0.2) is 54.6 Å². The van der Waals surface area contributed by atoms with Gasteiger partial charge in [0, 0.05) is 5.56 Å². The predicted octanol–water partition coefficient (Wildman–Crippen LogP) is 4.62. The van der Waals surface area contributed by atoms with Gasteiger partial charge in [0.1, 0.15) is 5.75 Å². The van der Waals surface area contributed by atoms with E-state index in [4.69, 9.17) is 16.3 Å². The van der Waals surface area contributed by atoms with E-state index in [9.17, 15) is 4.79 Å². The van der Waals surface area contributed by atoms with Crippen molar-refractivity contribution in [3.05, 3.63) is 65.7 Å². The van der Waals surface area contributed by atoms with Crippen molar-refractivity contribution in [2.45, 2.75) is 10.2 Å². The van der Waals surface area contributed by atoms with Gasteiger partial charge in [-0.2, -0.15) is 0 Å². The lowest BCUT2D eigenvalue weighted by atomic mass is 10.0. The fourth-order valence-corrected chi connectivity index (χ4v) is 2.68. The Morgan fingerprint density at radius 3 is 2.25 bits per heavy atom. The first-order valence-corrected chi connectivity index (χ1v) is 7.50. The zero-order valence-electron chi connectivity index (χ0n) is 10.9. The Balaban J connectivity index is 2.15. The normalized spacial score (nSPS) is 13.6. The minimum Gasteiger partial charge on any atom is -0.497 e. The smallest absolute Gasteiger partial charge is 0.178 e. The average molecular weight is 354 g/mol. The van der Waals surface area contributed by atoms with E-state index < -0.39 is 10.2 Å². The molecule has 20 heavy (non-hydrogen) atoms. The molecule has 2 nitrogen and oxygen atoms in total. The molecule has 0 spiro atoms. The van der Waals surface area contributed by atoms with Crippen LogP contribution in [0.4, 0.5) is 0 Å². The molecular formula is C16H14BrClO2. The number of ketones is 1. The summed E-state index contributed by atoms with van der Waals surface area (Å²) >= 11 is 9.79. The van der Waals surface area contributed by atoms with Gasteiger partial charge < -0.3 is 4.74 Å². The van der Waals surface area contributed by atoms with E-state index in [1.807, 2.05) is 42.5 Å². The molecule has 0 bridgehead atoms. The first-order valence-electron chi connectivity index (χ1n) is 6.15. The highest BCUT2D eigenvalue weighted by molar-refractivity contribution is 9.10. The van der Waals surface area contributed by atoms with Crippen molar-refractivity contribution in [1.29, 1.82) is 0 Å². The Labute approximate surface area is 131 Å². The minimum atomic E-state index is -0.472. The molecular weight excluding hydrogens is 340 g/mol. The monoisotopic (exact) mass is 352 g/mol. The molecule has 0 aliphatic heterocycles. The molecule has 4 heteroatoms. The van der Waals surface area contributed by atoms with E-state index in [1.165, 1.54) is 0 Å². The topological polar surface area (TPSA) is 26.3 Å². The van der Waals surface area contributed by atoms with Crippen LogP contribution in [-0.4, -0.2) is 17.7 Å². The fraction of sp³-hybridized carbons (Fsp3) is 0.188. The predicted molar refractivity (Wildman–Crippen MR) is 85.1 cm³/mol. The number of carbonyl (C=O) groups is 1. The molecule has 0 heterocycles. The summed E-state index contributed by atoms with van der Waals surface area (Å²) in [4.78, 5) is 11.9. The van der Waals surface area contributed by atoms with Crippen LogP contribution in [0.5, 0.6) is 5.75 Å². The van der Waals surface area contributed by atoms with Crippen LogP contribution in [0.3, 0.4) is 0 Å². The maximum absolute atomic E-state index is 12.3. The molecule has 104 valence electrons. The summed E-state index contributed by atoms with van der Waals surface area (Å²) in [5, 5.41) is -0.436. The lowest BCUT2D eigenvalue weighted by Crippen LogP contribution is -2.19. The number of rotatable bonds is 5. The molecule has 0 aromatic heterocycles. The Morgan fingerprint density at radius 2 is 1.70 bits per heavy atom. The van der Waals surface area contributed by atoms with Crippen molar-refractivity contribution >= 4 is 33.3 Å². The second kappa shape index (κ2) is 6.91. The zero-order chi connectivity index (χ0) is 14.5. The summed E-state index contributed by atoms with van der Waals surface area (Å²) in [5.41, 5.74) is 1.52. The number of ether oxygens (including phenoxy) is 1. The molecule has 0 saturated heterocycles. The van der Waals surface area contributed by atoms with Crippen LogP contribution >= 0.6 is 27.5 Å². The molecule has 2 aromatic rings. The van der Waals surface area contributed by atoms with Gasteiger partial charge in [-0.25, -0.2) is 0 Å². The zero-order valence-corrected chi connectivity index (χ0v) is 13.3. The van der Waals surface area contributed by atoms with E-state index in [-0.39, 0.29) is 5.78 Å². The largest absolute Gasteiger partial charge is 0.497 e. The Bertz CT molecular complexity index is 569. The molecule has 2 rings (SSSR count). The number of methoxy groups -OCH3 is 1. The van der Waals surface area contributed by atoms with Gasteiger partial charge in [0.15, 0.2) is 5.78 Å². The van der Waals surface area contributed by atoms with Crippen molar-refractivity contribution in [3.63, 3.8) is 0 Å². The quantitative estimate of drug-likeness (QED) is 0.579. The molecule has 0 aliphatic carbocycles. The molecule has 2 aromatic carbocycles. The molecule has 0 saturated carbocycles. The number of benzene rings is 2. The standard InChI is InChI=1S/C16H14BrClO2/c1-20-13-9-7-11(8-10-13)15(18)14(17)16(19)12-5-3-2-4-6-12/h2-10,14-15H,1H3/t14-,15-/m1/s1. The Hall–Kier alpha value is -1.32. The van der Waals surface area contributed by atoms with Crippen LogP contribution < -0.4 is 4.74 Å². The highest BCUT2D eigenvalue weighted by atomic mass is 79.9. The Kier molecular flexibility index (Phi) is 5.21. The number of hydrogen-bond acceptors (Lipinski definition) is 2. The third kappa shape index (κ3) is 3.41. The summed E-state index contributed by atoms with van der Waals surface area (Å²) in [6.07, 6.45) is 0. The number of halogens is 2. The van der Waals surface area contributed by atoms with E-state index in [1.54, 1.807) is 19.2 Å². The fourth-order valence-electron chi connectivity index (χ4n) is 1.85. The second-order valence-corrected chi connectivity index (χ2v) is 5.76. The lowest BCUT2D eigenvalue weighted by Gasteiger charge is -2.16. The van der Waals surface area contributed by atoms with Gasteiger partial charge in [-0.15, -0.1) is 11.6 Å². The lowest BCUT2D eigenvalue weighted by molar-refractivity contribution is 0.0990. The summed E-state index contributed by atoms with van der Waals surface area (Å²) in [7, 11) is 1.61. The summed E-state index contributed by atoms with van der Waals surface area (Å²) < 4.78 is 5.10. The van der Waals surface area contributed by atoms with E-state index in [0.717, 1.165) is 11.3 Å². The molecule has 0 amide bonds. The molecule has 0 fully saturated rings. The number of Topliss-reactive ketones (excluding diaryl/α,β-unsaturated/α-hetero) is 1. The molecule has 2 atom stereocenters. The first kappa shape index (κ1) is 15.1.